The van der Waals surface area contributed by atoms with Crippen LogP contribution in [0.25, 0.3) is 11.1 Å². The van der Waals surface area contributed by atoms with Gasteiger partial charge in [-0.2, -0.15) is 5.26 Å². The number of aromatic amines is 1. The molecule has 1 N–H and O–H groups in total. The van der Waals surface area contributed by atoms with Crippen LogP contribution < -0.4 is 0 Å². The summed E-state index contributed by atoms with van der Waals surface area (Å²) in [7, 11) is 0. The standard InChI is InChI=1S/C14H12Cl2N2/c1-7-4-5-10(9(3)8(7)2)12-13(15)11(6-17)18-14(12)16/h4-5,18H,1-3H3. The molecule has 0 aliphatic rings. The van der Waals surface area contributed by atoms with Crippen LogP contribution in [0.5, 0.6) is 0 Å². The van der Waals surface area contributed by atoms with E-state index in [1.165, 1.54) is 11.1 Å². The molecule has 0 radical (unpaired) electrons. The van der Waals surface area contributed by atoms with E-state index in [-0.39, 0.29) is 0 Å². The number of hydrogen-bond donors (Lipinski definition) is 1. The summed E-state index contributed by atoms with van der Waals surface area (Å²) in [6.45, 7) is 6.16. The van der Waals surface area contributed by atoms with Gasteiger partial charge in [0.25, 0.3) is 0 Å². The number of aryl methyl sites for hydroxylation is 1. The summed E-state index contributed by atoms with van der Waals surface area (Å²) in [5, 5.41) is 9.74. The maximum atomic E-state index is 8.95. The van der Waals surface area contributed by atoms with Gasteiger partial charge >= 0.3 is 0 Å². The summed E-state index contributed by atoms with van der Waals surface area (Å²) in [5.41, 5.74) is 5.52. The molecule has 1 heterocycles. The molecule has 0 unspecified atom stereocenters. The predicted octanol–water partition coefficient (Wildman–Crippen LogP) is 4.79. The third-order valence-corrected chi connectivity index (χ3v) is 3.99. The molecule has 2 nitrogen and oxygen atoms in total. The topological polar surface area (TPSA) is 39.6 Å². The lowest BCUT2D eigenvalue weighted by Crippen LogP contribution is -1.90. The predicted molar refractivity (Wildman–Crippen MR) is 75.2 cm³/mol. The maximum Gasteiger partial charge on any atom is 0.138 e. The number of nitrogens with one attached hydrogen (secondary N) is 1. The molecule has 2 rings (SSSR count). The fourth-order valence-electron chi connectivity index (χ4n) is 1.99. The highest BCUT2D eigenvalue weighted by Crippen LogP contribution is 2.39. The van der Waals surface area contributed by atoms with Crippen molar-refractivity contribution in [3.05, 3.63) is 44.7 Å². The molecular formula is C14H12Cl2N2. The van der Waals surface area contributed by atoms with Crippen molar-refractivity contribution >= 4 is 23.2 Å². The molecule has 0 saturated heterocycles. The fraction of sp³-hybridized carbons (Fsp3) is 0.214. The van der Waals surface area contributed by atoms with Crippen LogP contribution in [0.2, 0.25) is 10.2 Å². The largest absolute Gasteiger partial charge is 0.336 e. The minimum atomic E-state index is 0.300. The van der Waals surface area contributed by atoms with E-state index in [0.717, 1.165) is 11.1 Å². The average molecular weight is 279 g/mol. The molecule has 0 atom stereocenters. The summed E-state index contributed by atoms with van der Waals surface area (Å²) in [5.74, 6) is 0. The van der Waals surface area contributed by atoms with Crippen LogP contribution >= 0.6 is 23.2 Å². The normalized spacial score (nSPS) is 10.4. The zero-order chi connectivity index (χ0) is 13.4. The second-order valence-electron chi connectivity index (χ2n) is 4.29. The third-order valence-electron chi connectivity index (χ3n) is 3.33. The Kier molecular flexibility index (Phi) is 3.38. The molecular weight excluding hydrogens is 267 g/mol. The summed E-state index contributed by atoms with van der Waals surface area (Å²) >= 11 is 12.3. The van der Waals surface area contributed by atoms with Crippen LogP contribution in [0, 0.1) is 32.1 Å². The molecule has 1 aromatic carbocycles. The van der Waals surface area contributed by atoms with Gasteiger partial charge in [-0.05, 0) is 43.0 Å². The van der Waals surface area contributed by atoms with E-state index in [1.54, 1.807) is 0 Å². The molecule has 0 saturated carbocycles. The second-order valence-corrected chi connectivity index (χ2v) is 5.05. The molecule has 2 aromatic rings. The molecule has 18 heavy (non-hydrogen) atoms. The van der Waals surface area contributed by atoms with E-state index in [9.17, 15) is 0 Å². The van der Waals surface area contributed by atoms with Crippen molar-refractivity contribution in [2.75, 3.05) is 0 Å². The summed E-state index contributed by atoms with van der Waals surface area (Å²) in [6.07, 6.45) is 0. The molecule has 0 aliphatic heterocycles. The lowest BCUT2D eigenvalue weighted by atomic mass is 9.95. The average Bonchev–Trinajstić information content (AvgIpc) is 2.63. The molecule has 0 aliphatic carbocycles. The highest BCUT2D eigenvalue weighted by Gasteiger charge is 2.18. The molecule has 92 valence electrons. The Bertz CT molecular complexity index is 663. The van der Waals surface area contributed by atoms with Crippen molar-refractivity contribution in [2.24, 2.45) is 0 Å². The van der Waals surface area contributed by atoms with Crippen LogP contribution in [-0.2, 0) is 0 Å². The first kappa shape index (κ1) is 13.0. The molecule has 0 fully saturated rings. The second kappa shape index (κ2) is 4.68. The van der Waals surface area contributed by atoms with Crippen molar-refractivity contribution in [1.29, 1.82) is 5.26 Å². The molecule has 4 heteroatoms. The summed E-state index contributed by atoms with van der Waals surface area (Å²) in [6, 6.07) is 6.02. The first-order valence-electron chi connectivity index (χ1n) is 5.51. The first-order chi connectivity index (χ1) is 8.47. The van der Waals surface area contributed by atoms with Gasteiger partial charge < -0.3 is 4.98 Å². The van der Waals surface area contributed by atoms with Gasteiger partial charge in [-0.25, -0.2) is 0 Å². The van der Waals surface area contributed by atoms with Crippen LogP contribution in [0.3, 0.4) is 0 Å². The fourth-order valence-corrected chi connectivity index (χ4v) is 2.61. The molecule has 0 bridgehead atoms. The molecule has 0 amide bonds. The number of aromatic nitrogens is 1. The van der Waals surface area contributed by atoms with E-state index >= 15 is 0 Å². The third kappa shape index (κ3) is 1.90. The zero-order valence-electron chi connectivity index (χ0n) is 10.4. The van der Waals surface area contributed by atoms with Crippen LogP contribution in [0.4, 0.5) is 0 Å². The smallest absolute Gasteiger partial charge is 0.138 e. The van der Waals surface area contributed by atoms with E-state index in [2.05, 4.69) is 18.8 Å². The Labute approximate surface area is 116 Å². The van der Waals surface area contributed by atoms with Gasteiger partial charge in [-0.15, -0.1) is 0 Å². The van der Waals surface area contributed by atoms with E-state index in [1.807, 2.05) is 25.1 Å². The number of halogens is 2. The molecule has 0 spiro atoms. The Hall–Kier alpha value is -1.43. The van der Waals surface area contributed by atoms with Gasteiger partial charge in [0.2, 0.25) is 0 Å². The van der Waals surface area contributed by atoms with Crippen LogP contribution in [0.1, 0.15) is 22.4 Å². The first-order valence-corrected chi connectivity index (χ1v) is 6.27. The highest BCUT2D eigenvalue weighted by atomic mass is 35.5. The van der Waals surface area contributed by atoms with Crippen molar-refractivity contribution in [1.82, 2.24) is 4.98 Å². The highest BCUT2D eigenvalue weighted by molar-refractivity contribution is 6.39. The van der Waals surface area contributed by atoms with Gasteiger partial charge in [0, 0.05) is 5.56 Å². The molecule has 1 aromatic heterocycles. The van der Waals surface area contributed by atoms with Crippen molar-refractivity contribution in [2.45, 2.75) is 20.8 Å². The van der Waals surface area contributed by atoms with Gasteiger partial charge in [0.1, 0.15) is 16.9 Å². The quantitative estimate of drug-likeness (QED) is 0.801. The monoisotopic (exact) mass is 278 g/mol. The Morgan fingerprint density at radius 3 is 2.33 bits per heavy atom. The van der Waals surface area contributed by atoms with Gasteiger partial charge in [0.15, 0.2) is 0 Å². The number of nitrogens with zero attached hydrogens (tertiary/aromatic N) is 1. The maximum absolute atomic E-state index is 8.95. The summed E-state index contributed by atoms with van der Waals surface area (Å²) in [4.78, 5) is 2.79. The zero-order valence-corrected chi connectivity index (χ0v) is 11.9. The van der Waals surface area contributed by atoms with Crippen LogP contribution in [-0.4, -0.2) is 4.98 Å². The number of rotatable bonds is 1. The number of hydrogen-bond acceptors (Lipinski definition) is 1. The summed E-state index contributed by atoms with van der Waals surface area (Å²) < 4.78 is 0. The van der Waals surface area contributed by atoms with E-state index in [0.29, 0.717) is 21.4 Å². The number of nitriles is 1. The number of benzene rings is 1. The lowest BCUT2D eigenvalue weighted by Gasteiger charge is -2.11. The minimum Gasteiger partial charge on any atom is -0.336 e. The van der Waals surface area contributed by atoms with Gasteiger partial charge in [-0.1, -0.05) is 35.3 Å². The Morgan fingerprint density at radius 2 is 1.78 bits per heavy atom. The van der Waals surface area contributed by atoms with Crippen molar-refractivity contribution in [3.8, 4) is 17.2 Å². The van der Waals surface area contributed by atoms with E-state index in [4.69, 9.17) is 28.5 Å². The van der Waals surface area contributed by atoms with Crippen molar-refractivity contribution in [3.63, 3.8) is 0 Å². The lowest BCUT2D eigenvalue weighted by molar-refractivity contribution is 1.27. The van der Waals surface area contributed by atoms with Gasteiger partial charge in [-0.3, -0.25) is 0 Å². The van der Waals surface area contributed by atoms with E-state index < -0.39 is 0 Å². The van der Waals surface area contributed by atoms with Gasteiger partial charge in [0.05, 0.1) is 5.02 Å². The van der Waals surface area contributed by atoms with Crippen molar-refractivity contribution < 1.29 is 0 Å². The Balaban J connectivity index is 2.75. The minimum absolute atomic E-state index is 0.300. The van der Waals surface area contributed by atoms with Crippen LogP contribution in [0.15, 0.2) is 12.1 Å². The SMILES string of the molecule is Cc1ccc(-c2c(Cl)[nH]c(C#N)c2Cl)c(C)c1C. The Morgan fingerprint density at radius 1 is 1.11 bits per heavy atom. The number of H-pyrrole nitrogens is 1.